The number of carbonyl (C=O) groups is 4. The van der Waals surface area contributed by atoms with Crippen molar-refractivity contribution in [2.45, 2.75) is 20.8 Å². The lowest BCUT2D eigenvalue weighted by Crippen LogP contribution is -2.54. The molecule has 3 aromatic carbocycles. The Labute approximate surface area is 246 Å². The summed E-state index contributed by atoms with van der Waals surface area (Å²) in [6.45, 7) is 5.14. The molecule has 200 valence electrons. The van der Waals surface area contributed by atoms with Gasteiger partial charge in [-0.2, -0.15) is 0 Å². The van der Waals surface area contributed by atoms with E-state index in [0.717, 1.165) is 16.0 Å². The maximum Gasteiger partial charge on any atom is 0.335 e. The molecule has 1 fully saturated rings. The topological polar surface area (TPSA) is 105 Å². The summed E-state index contributed by atoms with van der Waals surface area (Å²) in [6.07, 6.45) is 1.31. The molecule has 5 amide bonds. The fourth-order valence-electron chi connectivity index (χ4n) is 3.90. The van der Waals surface area contributed by atoms with E-state index in [1.54, 1.807) is 37.3 Å². The largest absolute Gasteiger partial charge is 0.482 e. The molecule has 0 unspecified atom stereocenters. The van der Waals surface area contributed by atoms with Crippen molar-refractivity contribution in [3.8, 4) is 5.75 Å². The number of amides is 5. The minimum absolute atomic E-state index is 0.227. The summed E-state index contributed by atoms with van der Waals surface area (Å²) < 4.78 is 6.94. The van der Waals surface area contributed by atoms with E-state index >= 15 is 0 Å². The number of hydrogen-bond acceptors (Lipinski definition) is 5. The Kier molecular flexibility index (Phi) is 8.58. The van der Waals surface area contributed by atoms with Gasteiger partial charge in [0, 0.05) is 20.7 Å². The van der Waals surface area contributed by atoms with E-state index in [4.69, 9.17) is 16.3 Å². The Bertz CT molecular complexity index is 1570. The van der Waals surface area contributed by atoms with Crippen LogP contribution in [0.25, 0.3) is 6.08 Å². The van der Waals surface area contributed by atoms with Gasteiger partial charge in [0.25, 0.3) is 17.7 Å². The predicted molar refractivity (Wildman–Crippen MR) is 157 cm³/mol. The Morgan fingerprint density at radius 1 is 1.08 bits per heavy atom. The molecular weight excluding hydrogens is 654 g/mol. The minimum atomic E-state index is -0.887. The lowest BCUT2D eigenvalue weighted by Gasteiger charge is -2.28. The monoisotopic (exact) mass is 673 g/mol. The number of anilines is 2. The van der Waals surface area contributed by atoms with E-state index in [1.165, 1.54) is 6.08 Å². The van der Waals surface area contributed by atoms with E-state index in [1.807, 2.05) is 32.0 Å². The standard InChI is InChI=1S/C28H22Br2ClN3O5/c1-14-7-8-15(2)22(9-14)32-24(35)13-39-25-17(10-18(29)12-20(25)30)11-19-26(36)33-28(38)34(27(19)37)23-6-4-5-21(31)16(23)3/h4-12H,13H2,1-3H3,(H,32,35)(H,33,36,38)/b19-11-. The quantitative estimate of drug-likeness (QED) is 0.230. The number of halogens is 3. The molecular formula is C28H22Br2ClN3O5. The van der Waals surface area contributed by atoms with Crippen molar-refractivity contribution in [1.29, 1.82) is 0 Å². The van der Waals surface area contributed by atoms with Crippen LogP contribution >= 0.6 is 43.5 Å². The molecule has 3 aromatic rings. The number of rotatable bonds is 6. The third-order valence-corrected chi connectivity index (χ3v) is 7.39. The van der Waals surface area contributed by atoms with E-state index < -0.39 is 23.8 Å². The normalized spacial score (nSPS) is 14.5. The first-order chi connectivity index (χ1) is 18.5. The van der Waals surface area contributed by atoms with Crippen molar-refractivity contribution < 1.29 is 23.9 Å². The molecule has 1 heterocycles. The molecule has 1 aliphatic rings. The van der Waals surface area contributed by atoms with Gasteiger partial charge < -0.3 is 10.1 Å². The van der Waals surface area contributed by atoms with Crippen LogP contribution in [0.1, 0.15) is 22.3 Å². The van der Waals surface area contributed by atoms with Crippen LogP contribution in [0.3, 0.4) is 0 Å². The van der Waals surface area contributed by atoms with Crippen molar-refractivity contribution in [2.75, 3.05) is 16.8 Å². The number of nitrogens with one attached hydrogen (secondary N) is 2. The summed E-state index contributed by atoms with van der Waals surface area (Å²) in [5.41, 5.74) is 3.35. The van der Waals surface area contributed by atoms with E-state index in [9.17, 15) is 19.2 Å². The molecule has 0 aromatic heterocycles. The molecule has 0 radical (unpaired) electrons. The number of ether oxygens (including phenoxy) is 1. The van der Waals surface area contributed by atoms with Gasteiger partial charge in [-0.25, -0.2) is 9.69 Å². The van der Waals surface area contributed by atoms with Gasteiger partial charge in [-0.1, -0.05) is 45.7 Å². The molecule has 1 aliphatic heterocycles. The average molecular weight is 676 g/mol. The SMILES string of the molecule is Cc1ccc(C)c(NC(=O)COc2c(Br)cc(Br)cc2/C=C2/C(=O)NC(=O)N(c3cccc(Cl)c3C)C2=O)c1. The van der Waals surface area contributed by atoms with Gasteiger partial charge >= 0.3 is 6.03 Å². The van der Waals surface area contributed by atoms with Crippen LogP contribution in [0.2, 0.25) is 5.02 Å². The first kappa shape index (κ1) is 28.5. The Hall–Kier alpha value is -3.47. The molecule has 2 N–H and O–H groups in total. The van der Waals surface area contributed by atoms with Gasteiger partial charge in [0.1, 0.15) is 11.3 Å². The highest BCUT2D eigenvalue weighted by atomic mass is 79.9. The van der Waals surface area contributed by atoms with Crippen LogP contribution in [-0.4, -0.2) is 30.4 Å². The van der Waals surface area contributed by atoms with Crippen LogP contribution in [0.5, 0.6) is 5.75 Å². The summed E-state index contributed by atoms with van der Waals surface area (Å²) in [6, 6.07) is 13.0. The lowest BCUT2D eigenvalue weighted by atomic mass is 10.0. The number of benzene rings is 3. The third kappa shape index (κ3) is 6.24. The first-order valence-electron chi connectivity index (χ1n) is 11.6. The smallest absolute Gasteiger partial charge is 0.335 e. The molecule has 0 bridgehead atoms. The van der Waals surface area contributed by atoms with E-state index in [0.29, 0.717) is 30.8 Å². The van der Waals surface area contributed by atoms with Crippen molar-refractivity contribution in [2.24, 2.45) is 0 Å². The first-order valence-corrected chi connectivity index (χ1v) is 13.6. The van der Waals surface area contributed by atoms with E-state index in [-0.39, 0.29) is 23.6 Å². The molecule has 0 atom stereocenters. The Morgan fingerprint density at radius 3 is 2.56 bits per heavy atom. The number of imide groups is 2. The Morgan fingerprint density at radius 2 is 1.82 bits per heavy atom. The van der Waals surface area contributed by atoms with Crippen LogP contribution in [-0.2, 0) is 14.4 Å². The maximum atomic E-state index is 13.4. The van der Waals surface area contributed by atoms with Crippen molar-refractivity contribution in [1.82, 2.24) is 5.32 Å². The highest BCUT2D eigenvalue weighted by Crippen LogP contribution is 2.36. The fraction of sp³-hybridized carbons (Fsp3) is 0.143. The van der Waals surface area contributed by atoms with Crippen molar-refractivity contribution in [3.63, 3.8) is 0 Å². The van der Waals surface area contributed by atoms with Gasteiger partial charge in [-0.3, -0.25) is 19.7 Å². The Balaban J connectivity index is 1.65. The van der Waals surface area contributed by atoms with Gasteiger partial charge in [0.15, 0.2) is 6.61 Å². The van der Waals surface area contributed by atoms with Crippen LogP contribution in [0.4, 0.5) is 16.2 Å². The number of carbonyl (C=O) groups excluding carboxylic acids is 4. The highest BCUT2D eigenvalue weighted by Gasteiger charge is 2.38. The van der Waals surface area contributed by atoms with Crippen LogP contribution < -0.4 is 20.3 Å². The highest BCUT2D eigenvalue weighted by molar-refractivity contribution is 9.11. The second-order valence-corrected chi connectivity index (χ2v) is 11.0. The molecule has 1 saturated heterocycles. The van der Waals surface area contributed by atoms with Gasteiger partial charge in [-0.15, -0.1) is 0 Å². The number of hydrogen-bond donors (Lipinski definition) is 2. The second kappa shape index (κ2) is 11.7. The third-order valence-electron chi connectivity index (χ3n) is 5.93. The fourth-order valence-corrected chi connectivity index (χ4v) is 5.45. The van der Waals surface area contributed by atoms with Crippen molar-refractivity contribution in [3.05, 3.63) is 90.3 Å². The number of nitrogens with zero attached hydrogens (tertiary/aromatic N) is 1. The number of aryl methyl sites for hydroxylation is 2. The molecule has 11 heteroatoms. The average Bonchev–Trinajstić information content (AvgIpc) is 2.85. The summed E-state index contributed by atoms with van der Waals surface area (Å²) in [7, 11) is 0. The van der Waals surface area contributed by atoms with Gasteiger partial charge in [-0.05, 0) is 89.8 Å². The molecule has 0 spiro atoms. The molecule has 0 aliphatic carbocycles. The zero-order valence-corrected chi connectivity index (χ0v) is 25.0. The maximum absolute atomic E-state index is 13.4. The summed E-state index contributed by atoms with van der Waals surface area (Å²) in [5.74, 6) is -1.86. The van der Waals surface area contributed by atoms with Crippen LogP contribution in [0, 0.1) is 20.8 Å². The second-order valence-electron chi connectivity index (χ2n) is 8.80. The zero-order chi connectivity index (χ0) is 28.4. The number of urea groups is 1. The lowest BCUT2D eigenvalue weighted by molar-refractivity contribution is -0.122. The zero-order valence-electron chi connectivity index (χ0n) is 21.0. The predicted octanol–water partition coefficient (Wildman–Crippen LogP) is 6.47. The van der Waals surface area contributed by atoms with E-state index in [2.05, 4.69) is 42.5 Å². The molecule has 39 heavy (non-hydrogen) atoms. The van der Waals surface area contributed by atoms with Crippen molar-refractivity contribution >= 4 is 84.7 Å². The number of barbiturate groups is 1. The minimum Gasteiger partial charge on any atom is -0.482 e. The summed E-state index contributed by atoms with van der Waals surface area (Å²) in [5, 5.41) is 5.39. The van der Waals surface area contributed by atoms with Crippen LogP contribution in [0.15, 0.2) is 63.0 Å². The molecule has 4 rings (SSSR count). The summed E-state index contributed by atoms with van der Waals surface area (Å²) in [4.78, 5) is 52.4. The summed E-state index contributed by atoms with van der Waals surface area (Å²) >= 11 is 13.0. The van der Waals surface area contributed by atoms with Gasteiger partial charge in [0.05, 0.1) is 10.2 Å². The van der Waals surface area contributed by atoms with Gasteiger partial charge in [0.2, 0.25) is 0 Å². The molecule has 8 nitrogen and oxygen atoms in total. The molecule has 0 saturated carbocycles.